The summed E-state index contributed by atoms with van der Waals surface area (Å²) >= 11 is 0. The lowest BCUT2D eigenvalue weighted by Crippen LogP contribution is -2.30. The molecule has 0 saturated heterocycles. The summed E-state index contributed by atoms with van der Waals surface area (Å²) in [4.78, 5) is 16.7. The molecule has 1 heterocycles. The third-order valence-corrected chi connectivity index (χ3v) is 3.82. The summed E-state index contributed by atoms with van der Waals surface area (Å²) < 4.78 is 1.74. The van der Waals surface area contributed by atoms with Crippen molar-refractivity contribution in [2.45, 2.75) is 71.4 Å². The van der Waals surface area contributed by atoms with Crippen molar-refractivity contribution in [3.63, 3.8) is 0 Å². The van der Waals surface area contributed by atoms with Gasteiger partial charge < -0.3 is 5.32 Å². The lowest BCUT2D eigenvalue weighted by molar-refractivity contribution is 0.458. The van der Waals surface area contributed by atoms with Crippen LogP contribution in [0.5, 0.6) is 0 Å². The number of anilines is 1. The average molecular weight is 425 g/mol. The van der Waals surface area contributed by atoms with E-state index < -0.39 is 0 Å². The van der Waals surface area contributed by atoms with Crippen LogP contribution in [0.4, 0.5) is 5.95 Å². The normalized spacial score (nSPS) is 15.0. The van der Waals surface area contributed by atoms with Crippen molar-refractivity contribution < 1.29 is 0 Å². The van der Waals surface area contributed by atoms with Gasteiger partial charge in [0, 0.05) is 24.3 Å². The molecule has 1 aliphatic rings. The molecule has 21 heavy (non-hydrogen) atoms. The Balaban J connectivity index is 0.00000200. The van der Waals surface area contributed by atoms with E-state index in [-0.39, 0.29) is 39.5 Å². The zero-order valence-electron chi connectivity index (χ0n) is 12.9. The van der Waals surface area contributed by atoms with Gasteiger partial charge >= 0.3 is 0 Å². The summed E-state index contributed by atoms with van der Waals surface area (Å²) in [6.07, 6.45) is 8.17. The summed E-state index contributed by atoms with van der Waals surface area (Å²) in [7, 11) is 0. The summed E-state index contributed by atoms with van der Waals surface area (Å²) in [6.45, 7) is 4.78. The summed E-state index contributed by atoms with van der Waals surface area (Å²) in [6, 6.07) is 2.16. The molecular weight excluding hydrogens is 398 g/mol. The zero-order chi connectivity index (χ0) is 13.7. The van der Waals surface area contributed by atoms with Gasteiger partial charge in [0.15, 0.2) is 0 Å². The van der Waals surface area contributed by atoms with E-state index in [2.05, 4.69) is 17.2 Å². The van der Waals surface area contributed by atoms with Crippen LogP contribution in [0.1, 0.15) is 58.1 Å². The second-order valence-electron chi connectivity index (χ2n) is 5.38. The quantitative estimate of drug-likeness (QED) is 0.773. The van der Waals surface area contributed by atoms with E-state index in [9.17, 15) is 4.79 Å². The standard InChI is InChI=1S/C15H25N3O.2BrH/c1-3-8-13-11-14(19)18(4-2)15(17-13)16-12-9-6-5-7-10-12;;/h11-12H,3-10H2,1-2H3,(H,16,17);2*1H. The second-order valence-corrected chi connectivity index (χ2v) is 5.38. The number of aromatic nitrogens is 2. The smallest absolute Gasteiger partial charge is 0.255 e. The number of nitrogens with zero attached hydrogens (tertiary/aromatic N) is 2. The highest BCUT2D eigenvalue weighted by Crippen LogP contribution is 2.20. The number of aryl methyl sites for hydroxylation is 1. The zero-order valence-corrected chi connectivity index (χ0v) is 16.4. The van der Waals surface area contributed by atoms with E-state index in [4.69, 9.17) is 0 Å². The molecular formula is C15H27Br2N3O. The van der Waals surface area contributed by atoms with Crippen LogP contribution in [0.3, 0.4) is 0 Å². The van der Waals surface area contributed by atoms with Gasteiger partial charge in [-0.2, -0.15) is 0 Å². The molecule has 0 atom stereocenters. The fourth-order valence-corrected chi connectivity index (χ4v) is 2.78. The fraction of sp³-hybridized carbons (Fsp3) is 0.733. The summed E-state index contributed by atoms with van der Waals surface area (Å²) in [5, 5.41) is 3.49. The topological polar surface area (TPSA) is 46.9 Å². The van der Waals surface area contributed by atoms with Gasteiger partial charge in [0.25, 0.3) is 5.56 Å². The van der Waals surface area contributed by atoms with E-state index in [1.165, 1.54) is 32.1 Å². The summed E-state index contributed by atoms with van der Waals surface area (Å²) in [5.74, 6) is 0.769. The van der Waals surface area contributed by atoms with Crippen LogP contribution in [0.15, 0.2) is 10.9 Å². The molecule has 1 aliphatic carbocycles. The second kappa shape index (κ2) is 10.4. The molecule has 2 rings (SSSR count). The Morgan fingerprint density at radius 1 is 1.24 bits per heavy atom. The number of rotatable bonds is 5. The van der Waals surface area contributed by atoms with Crippen LogP contribution in [0, 0.1) is 0 Å². The molecule has 1 saturated carbocycles. The van der Waals surface area contributed by atoms with E-state index in [1.54, 1.807) is 10.6 Å². The average Bonchev–Trinajstić information content (AvgIpc) is 2.40. The van der Waals surface area contributed by atoms with Crippen LogP contribution in [0.25, 0.3) is 0 Å². The Morgan fingerprint density at radius 2 is 1.90 bits per heavy atom. The van der Waals surface area contributed by atoms with Crippen LogP contribution in [-0.2, 0) is 13.0 Å². The molecule has 0 unspecified atom stereocenters. The van der Waals surface area contributed by atoms with Crippen LogP contribution < -0.4 is 10.9 Å². The van der Waals surface area contributed by atoms with Gasteiger partial charge in [-0.05, 0) is 26.2 Å². The molecule has 0 spiro atoms. The maximum atomic E-state index is 12.1. The molecule has 0 radical (unpaired) electrons. The van der Waals surface area contributed by atoms with Gasteiger partial charge in [-0.3, -0.25) is 9.36 Å². The minimum absolute atomic E-state index is 0. The third kappa shape index (κ3) is 5.74. The molecule has 122 valence electrons. The Hall–Kier alpha value is -0.360. The lowest BCUT2D eigenvalue weighted by Gasteiger charge is -2.24. The maximum absolute atomic E-state index is 12.1. The number of halogens is 2. The highest BCUT2D eigenvalue weighted by Gasteiger charge is 2.16. The van der Waals surface area contributed by atoms with E-state index in [0.29, 0.717) is 12.6 Å². The monoisotopic (exact) mass is 423 g/mol. The predicted molar refractivity (Wildman–Crippen MR) is 99.3 cm³/mol. The van der Waals surface area contributed by atoms with Gasteiger partial charge in [0.05, 0.1) is 0 Å². The first-order valence-electron chi connectivity index (χ1n) is 7.62. The van der Waals surface area contributed by atoms with Crippen molar-refractivity contribution in [1.82, 2.24) is 9.55 Å². The largest absolute Gasteiger partial charge is 0.353 e. The molecule has 1 aromatic rings. The van der Waals surface area contributed by atoms with Crippen molar-refractivity contribution in [1.29, 1.82) is 0 Å². The lowest BCUT2D eigenvalue weighted by atomic mass is 9.96. The molecule has 6 heteroatoms. The van der Waals surface area contributed by atoms with Gasteiger partial charge in [-0.15, -0.1) is 34.0 Å². The van der Waals surface area contributed by atoms with Crippen LogP contribution in [-0.4, -0.2) is 15.6 Å². The van der Waals surface area contributed by atoms with Crippen molar-refractivity contribution in [2.24, 2.45) is 0 Å². The summed E-state index contributed by atoms with van der Waals surface area (Å²) in [5.41, 5.74) is 0.981. The Bertz CT molecular complexity index is 470. The van der Waals surface area contributed by atoms with Crippen molar-refractivity contribution >= 4 is 39.9 Å². The Morgan fingerprint density at radius 3 is 2.48 bits per heavy atom. The SMILES string of the molecule is Br.Br.CCCc1cc(=O)n(CC)c(NC2CCCCC2)n1. The van der Waals surface area contributed by atoms with Gasteiger partial charge in [0.2, 0.25) is 5.95 Å². The minimum atomic E-state index is 0. The van der Waals surface area contributed by atoms with Gasteiger partial charge in [-0.1, -0.05) is 32.6 Å². The Kier molecular flexibility index (Phi) is 10.2. The molecule has 4 nitrogen and oxygen atoms in total. The molecule has 0 bridgehead atoms. The van der Waals surface area contributed by atoms with Crippen molar-refractivity contribution in [3.8, 4) is 0 Å². The van der Waals surface area contributed by atoms with Crippen LogP contribution >= 0.6 is 34.0 Å². The molecule has 0 aliphatic heterocycles. The van der Waals surface area contributed by atoms with Crippen molar-refractivity contribution in [2.75, 3.05) is 5.32 Å². The first kappa shape index (κ1) is 20.6. The minimum Gasteiger partial charge on any atom is -0.353 e. The number of hydrogen-bond donors (Lipinski definition) is 1. The van der Waals surface area contributed by atoms with E-state index in [0.717, 1.165) is 24.5 Å². The molecule has 0 aromatic carbocycles. The van der Waals surface area contributed by atoms with Crippen molar-refractivity contribution in [3.05, 3.63) is 22.1 Å². The van der Waals surface area contributed by atoms with E-state index in [1.807, 2.05) is 6.92 Å². The number of nitrogens with one attached hydrogen (secondary N) is 1. The third-order valence-electron chi connectivity index (χ3n) is 3.82. The van der Waals surface area contributed by atoms with Crippen LogP contribution in [0.2, 0.25) is 0 Å². The fourth-order valence-electron chi connectivity index (χ4n) is 2.78. The number of hydrogen-bond acceptors (Lipinski definition) is 3. The molecule has 1 N–H and O–H groups in total. The van der Waals surface area contributed by atoms with Gasteiger partial charge in [-0.25, -0.2) is 4.98 Å². The first-order chi connectivity index (χ1) is 9.24. The van der Waals surface area contributed by atoms with E-state index >= 15 is 0 Å². The van der Waals surface area contributed by atoms with Gasteiger partial charge in [0.1, 0.15) is 0 Å². The first-order valence-corrected chi connectivity index (χ1v) is 7.62. The molecule has 1 aromatic heterocycles. The highest BCUT2D eigenvalue weighted by atomic mass is 79.9. The predicted octanol–water partition coefficient (Wildman–Crippen LogP) is 4.12. The molecule has 1 fully saturated rings. The Labute approximate surface area is 148 Å². The maximum Gasteiger partial charge on any atom is 0.255 e. The molecule has 0 amide bonds. The highest BCUT2D eigenvalue weighted by molar-refractivity contribution is 8.93.